The van der Waals surface area contributed by atoms with Crippen molar-refractivity contribution in [1.82, 2.24) is 19.5 Å². The molecule has 0 aliphatic carbocycles. The van der Waals surface area contributed by atoms with Crippen molar-refractivity contribution >= 4 is 34.1 Å². The van der Waals surface area contributed by atoms with Gasteiger partial charge in [0.1, 0.15) is 11.3 Å². The number of fused-ring (bicyclic) bond motifs is 1. The lowest BCUT2D eigenvalue weighted by Crippen LogP contribution is -2.05. The van der Waals surface area contributed by atoms with Crippen LogP contribution in [-0.2, 0) is 6.54 Å². The van der Waals surface area contributed by atoms with Crippen molar-refractivity contribution in [1.29, 1.82) is 0 Å². The van der Waals surface area contributed by atoms with E-state index < -0.39 is 0 Å². The van der Waals surface area contributed by atoms with E-state index in [1.807, 2.05) is 37.7 Å². The number of aryl methyl sites for hydroxylation is 1. The number of nitrogens with zero attached hydrogens (tertiary/aromatic N) is 4. The lowest BCUT2D eigenvalue weighted by molar-refractivity contribution is 0.742. The Hall–Kier alpha value is -1.46. The van der Waals surface area contributed by atoms with E-state index in [0.29, 0.717) is 6.54 Å². The minimum atomic E-state index is -0.151. The van der Waals surface area contributed by atoms with Crippen LogP contribution in [0.5, 0.6) is 0 Å². The highest BCUT2D eigenvalue weighted by atomic mass is 35.5. The quantitative estimate of drug-likeness (QED) is 0.694. The molecular weight excluding hydrogens is 280 g/mol. The van der Waals surface area contributed by atoms with Crippen LogP contribution in [0.4, 0.5) is 0 Å². The first-order valence-electron chi connectivity index (χ1n) is 6.00. The maximum absolute atomic E-state index is 6.24. The smallest absolute Gasteiger partial charge is 0.160 e. The predicted molar refractivity (Wildman–Crippen MR) is 77.7 cm³/mol. The van der Waals surface area contributed by atoms with Gasteiger partial charge in [-0.15, -0.1) is 22.9 Å². The third kappa shape index (κ3) is 2.35. The van der Waals surface area contributed by atoms with E-state index in [1.165, 1.54) is 4.88 Å². The number of hydrogen-bond donors (Lipinski definition) is 0. The van der Waals surface area contributed by atoms with Gasteiger partial charge in [0.15, 0.2) is 5.65 Å². The molecule has 4 nitrogen and oxygen atoms in total. The Morgan fingerprint density at radius 2 is 2.21 bits per heavy atom. The van der Waals surface area contributed by atoms with Crippen molar-refractivity contribution in [2.45, 2.75) is 25.8 Å². The molecule has 1 atom stereocenters. The monoisotopic (exact) mass is 292 g/mol. The van der Waals surface area contributed by atoms with Crippen molar-refractivity contribution in [3.63, 3.8) is 0 Å². The summed E-state index contributed by atoms with van der Waals surface area (Å²) in [6, 6.07) is 3.96. The van der Waals surface area contributed by atoms with Crippen molar-refractivity contribution < 1.29 is 0 Å². The van der Waals surface area contributed by atoms with Crippen molar-refractivity contribution in [2.24, 2.45) is 0 Å². The van der Waals surface area contributed by atoms with Crippen LogP contribution in [0.1, 0.15) is 28.7 Å². The Morgan fingerprint density at radius 3 is 2.89 bits per heavy atom. The molecule has 0 saturated heterocycles. The van der Waals surface area contributed by atoms with Gasteiger partial charge in [0.05, 0.1) is 17.4 Å². The normalized spacial score (nSPS) is 13.0. The first kappa shape index (κ1) is 12.6. The molecule has 0 radical (unpaired) electrons. The average molecular weight is 293 g/mol. The summed E-state index contributed by atoms with van der Waals surface area (Å²) in [5.74, 6) is 0.850. The van der Waals surface area contributed by atoms with Gasteiger partial charge in [-0.1, -0.05) is 0 Å². The number of thiazole rings is 1. The molecule has 0 fully saturated rings. The fourth-order valence-electron chi connectivity index (χ4n) is 2.05. The Balaban J connectivity index is 2.18. The maximum atomic E-state index is 6.24. The van der Waals surface area contributed by atoms with Gasteiger partial charge in [0.2, 0.25) is 0 Å². The van der Waals surface area contributed by atoms with Crippen molar-refractivity contribution in [2.75, 3.05) is 0 Å². The van der Waals surface area contributed by atoms with Crippen LogP contribution in [0.25, 0.3) is 11.2 Å². The van der Waals surface area contributed by atoms with E-state index in [-0.39, 0.29) is 5.38 Å². The van der Waals surface area contributed by atoms with Crippen LogP contribution in [-0.4, -0.2) is 19.5 Å². The van der Waals surface area contributed by atoms with Gasteiger partial charge < -0.3 is 4.57 Å². The molecular formula is C13H13ClN4S. The summed E-state index contributed by atoms with van der Waals surface area (Å²) >= 11 is 7.86. The molecule has 98 valence electrons. The van der Waals surface area contributed by atoms with E-state index in [4.69, 9.17) is 11.6 Å². The molecule has 3 aromatic heterocycles. The van der Waals surface area contributed by atoms with E-state index in [9.17, 15) is 0 Å². The number of pyridine rings is 1. The lowest BCUT2D eigenvalue weighted by atomic mass is 10.3. The third-order valence-corrected chi connectivity index (χ3v) is 3.87. The molecule has 1 unspecified atom stereocenters. The molecule has 3 aromatic rings. The highest BCUT2D eigenvalue weighted by Gasteiger charge is 2.16. The van der Waals surface area contributed by atoms with Crippen LogP contribution in [0.15, 0.2) is 23.8 Å². The summed E-state index contributed by atoms with van der Waals surface area (Å²) in [5, 5.41) is -0.151. The number of aromatic nitrogens is 4. The van der Waals surface area contributed by atoms with E-state index in [2.05, 4.69) is 19.5 Å². The Labute approximate surface area is 120 Å². The summed E-state index contributed by atoms with van der Waals surface area (Å²) in [4.78, 5) is 14.4. The Bertz CT molecular complexity index is 703. The number of rotatable bonds is 3. The number of halogens is 1. The first-order valence-corrected chi connectivity index (χ1v) is 7.32. The van der Waals surface area contributed by atoms with Crippen LogP contribution in [0.2, 0.25) is 0 Å². The van der Waals surface area contributed by atoms with E-state index in [1.54, 1.807) is 11.3 Å². The zero-order chi connectivity index (χ0) is 13.4. The fourth-order valence-corrected chi connectivity index (χ4v) is 2.80. The molecule has 19 heavy (non-hydrogen) atoms. The molecule has 0 N–H and O–H groups in total. The van der Waals surface area contributed by atoms with E-state index >= 15 is 0 Å². The first-order chi connectivity index (χ1) is 9.15. The molecule has 6 heteroatoms. The summed E-state index contributed by atoms with van der Waals surface area (Å²) < 4.78 is 2.08. The zero-order valence-electron chi connectivity index (χ0n) is 10.7. The van der Waals surface area contributed by atoms with Gasteiger partial charge in [-0.2, -0.15) is 0 Å². The molecule has 0 bridgehead atoms. The van der Waals surface area contributed by atoms with Gasteiger partial charge in [0, 0.05) is 16.8 Å². The standard InChI is InChI=1S/C13H13ClN4S/c1-8-3-4-11-13(16-8)18(12(17-11)9(2)14)6-10-5-15-7-19-10/h3-5,7,9H,6H2,1-2H3. The predicted octanol–water partition coefficient (Wildman–Crippen LogP) is 3.54. The van der Waals surface area contributed by atoms with E-state index in [0.717, 1.165) is 22.7 Å². The molecule has 0 amide bonds. The summed E-state index contributed by atoms with van der Waals surface area (Å²) in [6.45, 7) is 4.62. The van der Waals surface area contributed by atoms with Gasteiger partial charge >= 0.3 is 0 Å². The summed E-state index contributed by atoms with van der Waals surface area (Å²) in [6.07, 6.45) is 1.87. The maximum Gasteiger partial charge on any atom is 0.160 e. The molecule has 0 aliphatic rings. The van der Waals surface area contributed by atoms with Crippen LogP contribution >= 0.6 is 22.9 Å². The summed E-state index contributed by atoms with van der Waals surface area (Å²) in [5.41, 5.74) is 4.58. The Kier molecular flexibility index (Phi) is 3.24. The fraction of sp³-hybridized carbons (Fsp3) is 0.308. The van der Waals surface area contributed by atoms with Gasteiger partial charge in [-0.3, -0.25) is 4.98 Å². The van der Waals surface area contributed by atoms with Crippen LogP contribution in [0.3, 0.4) is 0 Å². The molecule has 0 aromatic carbocycles. The third-order valence-electron chi connectivity index (χ3n) is 2.91. The molecule has 3 heterocycles. The highest BCUT2D eigenvalue weighted by molar-refractivity contribution is 7.09. The van der Waals surface area contributed by atoms with Gasteiger partial charge in [-0.25, -0.2) is 9.97 Å². The zero-order valence-corrected chi connectivity index (χ0v) is 12.2. The molecule has 3 rings (SSSR count). The Morgan fingerprint density at radius 1 is 1.37 bits per heavy atom. The number of alkyl halides is 1. The van der Waals surface area contributed by atoms with Crippen molar-refractivity contribution in [3.8, 4) is 0 Å². The average Bonchev–Trinajstić information content (AvgIpc) is 2.98. The molecule has 0 saturated carbocycles. The highest BCUT2D eigenvalue weighted by Crippen LogP contribution is 2.25. The minimum absolute atomic E-state index is 0.151. The largest absolute Gasteiger partial charge is 0.306 e. The second-order valence-corrected chi connectivity index (χ2v) is 6.06. The van der Waals surface area contributed by atoms with Crippen LogP contribution in [0, 0.1) is 6.92 Å². The molecule has 0 aliphatic heterocycles. The number of hydrogen-bond acceptors (Lipinski definition) is 4. The molecule has 0 spiro atoms. The topological polar surface area (TPSA) is 43.6 Å². The van der Waals surface area contributed by atoms with Crippen LogP contribution < -0.4 is 0 Å². The van der Waals surface area contributed by atoms with Gasteiger partial charge in [0.25, 0.3) is 0 Å². The van der Waals surface area contributed by atoms with Crippen molar-refractivity contribution in [3.05, 3.63) is 40.2 Å². The SMILES string of the molecule is Cc1ccc2nc(C(C)Cl)n(Cc3cncs3)c2n1. The summed E-state index contributed by atoms with van der Waals surface area (Å²) in [7, 11) is 0. The van der Waals surface area contributed by atoms with Gasteiger partial charge in [-0.05, 0) is 26.0 Å². The minimum Gasteiger partial charge on any atom is -0.306 e. The second kappa shape index (κ2) is 4.90. The number of imidazole rings is 1. The lowest BCUT2D eigenvalue weighted by Gasteiger charge is -2.08. The second-order valence-electron chi connectivity index (χ2n) is 4.44.